The van der Waals surface area contributed by atoms with Crippen LogP contribution in [0.3, 0.4) is 0 Å². The van der Waals surface area contributed by atoms with Gasteiger partial charge in [-0.25, -0.2) is 0 Å². The number of carbonyl (C=O) groups is 2. The quantitative estimate of drug-likeness (QED) is 0.314. The molecule has 0 N–H and O–H groups in total. The van der Waals surface area contributed by atoms with Crippen molar-refractivity contribution in [1.82, 2.24) is 0 Å². The Morgan fingerprint density at radius 2 is 2.23 bits per heavy atom. The van der Waals surface area contributed by atoms with Crippen LogP contribution in [0.15, 0.2) is 12.2 Å². The van der Waals surface area contributed by atoms with Gasteiger partial charge < -0.3 is 4.74 Å². The van der Waals surface area contributed by atoms with Gasteiger partial charge in [0.05, 0.1) is 11.3 Å². The molecule has 2 fully saturated rings. The van der Waals surface area contributed by atoms with Gasteiger partial charge in [0.25, 0.3) is 0 Å². The molecule has 3 heteroatoms. The monoisotopic (exact) mass is 178 g/mol. The second-order valence-electron chi connectivity index (χ2n) is 4.36. The maximum atomic E-state index is 11.5. The van der Waals surface area contributed by atoms with Gasteiger partial charge in [0.1, 0.15) is 0 Å². The van der Waals surface area contributed by atoms with Gasteiger partial charge in [-0.05, 0) is 25.2 Å². The van der Waals surface area contributed by atoms with Crippen molar-refractivity contribution in [2.24, 2.45) is 23.2 Å². The van der Waals surface area contributed by atoms with E-state index in [1.54, 1.807) is 0 Å². The van der Waals surface area contributed by atoms with Gasteiger partial charge in [0.15, 0.2) is 0 Å². The van der Waals surface area contributed by atoms with Gasteiger partial charge in [-0.15, -0.1) is 0 Å². The Labute approximate surface area is 75.8 Å². The van der Waals surface area contributed by atoms with Crippen molar-refractivity contribution >= 4 is 11.9 Å². The number of carbonyl (C=O) groups excluding carboxylic acids is 2. The molecule has 1 saturated carbocycles. The van der Waals surface area contributed by atoms with E-state index in [2.05, 4.69) is 12.2 Å². The van der Waals surface area contributed by atoms with E-state index in [1.165, 1.54) is 0 Å². The van der Waals surface area contributed by atoms with Gasteiger partial charge in [0, 0.05) is 0 Å². The molecule has 0 aromatic heterocycles. The maximum absolute atomic E-state index is 11.5. The molecule has 3 aliphatic rings. The molecule has 3 nitrogen and oxygen atoms in total. The molecule has 2 aliphatic carbocycles. The van der Waals surface area contributed by atoms with E-state index < -0.39 is 5.41 Å². The normalized spacial score (nSPS) is 51.3. The van der Waals surface area contributed by atoms with Crippen LogP contribution < -0.4 is 0 Å². The van der Waals surface area contributed by atoms with Crippen molar-refractivity contribution in [2.75, 3.05) is 0 Å². The fourth-order valence-electron chi connectivity index (χ4n) is 3.06. The molecular formula is C10H10O3. The first kappa shape index (κ1) is 7.30. The Bertz CT molecular complexity index is 344. The maximum Gasteiger partial charge on any atom is 0.320 e. The Morgan fingerprint density at radius 1 is 1.46 bits per heavy atom. The average molecular weight is 178 g/mol. The van der Waals surface area contributed by atoms with E-state index in [4.69, 9.17) is 4.74 Å². The molecule has 68 valence electrons. The first-order valence-electron chi connectivity index (χ1n) is 4.58. The fraction of sp³-hybridized carbons (Fsp3) is 0.600. The molecule has 4 atom stereocenters. The molecule has 1 saturated heterocycles. The minimum absolute atomic E-state index is 0.199. The molecule has 0 amide bonds. The summed E-state index contributed by atoms with van der Waals surface area (Å²) in [7, 11) is 0. The van der Waals surface area contributed by atoms with Crippen molar-refractivity contribution in [3.63, 3.8) is 0 Å². The number of cyclic esters (lactones) is 2. The molecule has 13 heavy (non-hydrogen) atoms. The number of fused-ring (bicyclic) bond motifs is 5. The van der Waals surface area contributed by atoms with Crippen molar-refractivity contribution in [2.45, 2.75) is 13.3 Å². The van der Waals surface area contributed by atoms with Crippen LogP contribution >= 0.6 is 0 Å². The van der Waals surface area contributed by atoms with Crippen LogP contribution in [-0.4, -0.2) is 11.9 Å². The largest absolute Gasteiger partial charge is 0.392 e. The zero-order valence-electron chi connectivity index (χ0n) is 7.32. The van der Waals surface area contributed by atoms with Crippen molar-refractivity contribution < 1.29 is 14.3 Å². The van der Waals surface area contributed by atoms with Crippen molar-refractivity contribution in [3.8, 4) is 0 Å². The lowest BCUT2D eigenvalue weighted by molar-refractivity contribution is -0.156. The predicted molar refractivity (Wildman–Crippen MR) is 43.4 cm³/mol. The molecular weight excluding hydrogens is 168 g/mol. The van der Waals surface area contributed by atoms with E-state index in [9.17, 15) is 9.59 Å². The third-order valence-corrected chi connectivity index (χ3v) is 3.85. The smallest absolute Gasteiger partial charge is 0.320 e. The highest BCUT2D eigenvalue weighted by Crippen LogP contribution is 2.59. The molecule has 2 bridgehead atoms. The standard InChI is InChI=1S/C10H10O3/c1-10-6-3-2-5(4-6)7(10)8(11)13-9(10)12/h2-3,5-7H,4H2,1H3/t5-,6+,7+,10+/m0/s1. The zero-order chi connectivity index (χ0) is 9.22. The highest BCUT2D eigenvalue weighted by molar-refractivity contribution is 6.00. The third kappa shape index (κ3) is 0.598. The molecule has 0 radical (unpaired) electrons. The fourth-order valence-corrected chi connectivity index (χ4v) is 3.06. The molecule has 3 rings (SSSR count). The van der Waals surface area contributed by atoms with Crippen LogP contribution in [-0.2, 0) is 14.3 Å². The van der Waals surface area contributed by atoms with Gasteiger partial charge in [0.2, 0.25) is 0 Å². The topological polar surface area (TPSA) is 43.4 Å². The second-order valence-corrected chi connectivity index (χ2v) is 4.36. The number of hydrogen-bond donors (Lipinski definition) is 0. The van der Waals surface area contributed by atoms with Crippen LogP contribution in [0.2, 0.25) is 0 Å². The molecule has 0 aromatic carbocycles. The summed E-state index contributed by atoms with van der Waals surface area (Å²) in [6.45, 7) is 1.86. The lowest BCUT2D eigenvalue weighted by atomic mass is 9.72. The minimum Gasteiger partial charge on any atom is -0.392 e. The summed E-state index contributed by atoms with van der Waals surface area (Å²) < 4.78 is 4.69. The van der Waals surface area contributed by atoms with E-state index in [-0.39, 0.29) is 29.7 Å². The molecule has 0 unspecified atom stereocenters. The highest BCUT2D eigenvalue weighted by Gasteiger charge is 2.66. The zero-order valence-corrected chi connectivity index (χ0v) is 7.32. The Kier molecular flexibility index (Phi) is 1.05. The van der Waals surface area contributed by atoms with Crippen LogP contribution in [0.1, 0.15) is 13.3 Å². The van der Waals surface area contributed by atoms with Gasteiger partial charge in [-0.1, -0.05) is 12.2 Å². The first-order valence-corrected chi connectivity index (χ1v) is 4.58. The number of allylic oxidation sites excluding steroid dienone is 2. The number of rotatable bonds is 0. The second kappa shape index (κ2) is 1.86. The predicted octanol–water partition coefficient (Wildman–Crippen LogP) is 0.898. The lowest BCUT2D eigenvalue weighted by Crippen LogP contribution is -2.34. The van der Waals surface area contributed by atoms with Crippen LogP contribution in [0, 0.1) is 23.2 Å². The Balaban J connectivity index is 2.17. The Morgan fingerprint density at radius 3 is 2.92 bits per heavy atom. The van der Waals surface area contributed by atoms with Gasteiger partial charge in [-0.3, -0.25) is 9.59 Å². The highest BCUT2D eigenvalue weighted by atomic mass is 16.6. The number of ether oxygens (including phenoxy) is 1. The lowest BCUT2D eigenvalue weighted by Gasteiger charge is -2.25. The summed E-state index contributed by atoms with van der Waals surface area (Å²) >= 11 is 0. The average Bonchev–Trinajstić information content (AvgIpc) is 2.66. The van der Waals surface area contributed by atoms with E-state index in [0.717, 1.165) is 6.42 Å². The van der Waals surface area contributed by atoms with Gasteiger partial charge >= 0.3 is 11.9 Å². The first-order chi connectivity index (χ1) is 6.14. The van der Waals surface area contributed by atoms with E-state index in [1.807, 2.05) is 6.92 Å². The minimum atomic E-state index is -0.545. The van der Waals surface area contributed by atoms with Crippen molar-refractivity contribution in [3.05, 3.63) is 12.2 Å². The molecule has 1 heterocycles. The van der Waals surface area contributed by atoms with Crippen LogP contribution in [0.4, 0.5) is 0 Å². The molecule has 0 aromatic rings. The molecule has 1 aliphatic heterocycles. The summed E-state index contributed by atoms with van der Waals surface area (Å²) in [5, 5.41) is 0. The van der Waals surface area contributed by atoms with E-state index in [0.29, 0.717) is 0 Å². The number of hydrogen-bond acceptors (Lipinski definition) is 3. The van der Waals surface area contributed by atoms with Crippen LogP contribution in [0.5, 0.6) is 0 Å². The summed E-state index contributed by atoms with van der Waals surface area (Å²) in [5.74, 6) is -0.367. The summed E-state index contributed by atoms with van der Waals surface area (Å²) in [6, 6.07) is 0. The Hall–Kier alpha value is -1.12. The third-order valence-electron chi connectivity index (χ3n) is 3.85. The summed E-state index contributed by atoms with van der Waals surface area (Å²) in [5.41, 5.74) is -0.545. The number of esters is 2. The summed E-state index contributed by atoms with van der Waals surface area (Å²) in [4.78, 5) is 22.9. The van der Waals surface area contributed by atoms with Gasteiger partial charge in [-0.2, -0.15) is 0 Å². The SMILES string of the molecule is C[C@]12C(=O)OC(=O)[C@H]1[C@H]1C=C[C@@H]2C1. The van der Waals surface area contributed by atoms with Crippen LogP contribution in [0.25, 0.3) is 0 Å². The van der Waals surface area contributed by atoms with Crippen molar-refractivity contribution in [1.29, 1.82) is 0 Å². The summed E-state index contributed by atoms with van der Waals surface area (Å²) in [6.07, 6.45) is 5.06. The van der Waals surface area contributed by atoms with E-state index >= 15 is 0 Å². The molecule has 0 spiro atoms.